The summed E-state index contributed by atoms with van der Waals surface area (Å²) in [6.45, 7) is 3.49. The standard InChI is InChI=1S/C32H31N5O7/c1-4-42-31(39)29-20(2)35-32(40)36-30(29)24-12-13-26(27(15-24)41-3)44-19-28(38)37-34-17-23-6-5-7-25(14-23)43-18-22-10-8-21(16-33)9-11-22/h5-15,17,30H,4,18-19H2,1-3H3,(H,37,38)(H2,35,36,40)/b34-17+/t30-/m0/s1. The molecule has 12 heteroatoms. The summed E-state index contributed by atoms with van der Waals surface area (Å²) < 4.78 is 22.1. The second-order valence-electron chi connectivity index (χ2n) is 9.45. The number of nitrogens with zero attached hydrogens (tertiary/aromatic N) is 2. The molecule has 226 valence electrons. The molecule has 0 aromatic heterocycles. The number of hydrogen-bond donors (Lipinski definition) is 3. The van der Waals surface area contributed by atoms with Crippen LogP contribution in [0.4, 0.5) is 4.79 Å². The van der Waals surface area contributed by atoms with Gasteiger partial charge in [-0.15, -0.1) is 0 Å². The summed E-state index contributed by atoms with van der Waals surface area (Å²) in [6, 6.07) is 20.0. The smallest absolute Gasteiger partial charge is 0.338 e. The number of urea groups is 1. The van der Waals surface area contributed by atoms with Gasteiger partial charge < -0.3 is 29.6 Å². The molecule has 0 spiro atoms. The third kappa shape index (κ3) is 8.13. The van der Waals surface area contributed by atoms with Crippen LogP contribution < -0.4 is 30.3 Å². The average Bonchev–Trinajstić information content (AvgIpc) is 3.03. The van der Waals surface area contributed by atoms with E-state index < -0.39 is 23.9 Å². The second-order valence-corrected chi connectivity index (χ2v) is 9.45. The maximum Gasteiger partial charge on any atom is 0.338 e. The van der Waals surface area contributed by atoms with Crippen LogP contribution in [0, 0.1) is 11.3 Å². The van der Waals surface area contributed by atoms with Gasteiger partial charge in [-0.1, -0.05) is 30.3 Å². The van der Waals surface area contributed by atoms with Gasteiger partial charge in [0.15, 0.2) is 18.1 Å². The number of esters is 1. The molecule has 4 rings (SSSR count). The van der Waals surface area contributed by atoms with Crippen molar-refractivity contribution in [1.82, 2.24) is 16.1 Å². The molecular weight excluding hydrogens is 566 g/mol. The number of nitrogens with one attached hydrogen (secondary N) is 3. The second kappa shape index (κ2) is 14.9. The number of carbonyl (C=O) groups is 3. The molecule has 44 heavy (non-hydrogen) atoms. The Hall–Kier alpha value is -5.83. The van der Waals surface area contributed by atoms with Gasteiger partial charge in [-0.3, -0.25) is 4.79 Å². The van der Waals surface area contributed by atoms with Crippen molar-refractivity contribution in [3.05, 3.63) is 100 Å². The monoisotopic (exact) mass is 597 g/mol. The van der Waals surface area contributed by atoms with Gasteiger partial charge in [0.1, 0.15) is 12.4 Å². The van der Waals surface area contributed by atoms with Gasteiger partial charge in [0.2, 0.25) is 0 Å². The number of hydrazone groups is 1. The van der Waals surface area contributed by atoms with Crippen molar-refractivity contribution in [2.75, 3.05) is 20.3 Å². The molecule has 3 aromatic carbocycles. The van der Waals surface area contributed by atoms with Gasteiger partial charge in [0, 0.05) is 5.70 Å². The number of rotatable bonds is 12. The fraction of sp³-hybridized carbons (Fsp3) is 0.219. The van der Waals surface area contributed by atoms with Crippen molar-refractivity contribution >= 4 is 24.1 Å². The van der Waals surface area contributed by atoms with Gasteiger partial charge in [0.05, 0.1) is 43.2 Å². The molecule has 0 saturated carbocycles. The quantitative estimate of drug-likeness (QED) is 0.161. The van der Waals surface area contributed by atoms with Crippen LogP contribution in [0.25, 0.3) is 0 Å². The first-order valence-electron chi connectivity index (χ1n) is 13.6. The number of nitriles is 1. The highest BCUT2D eigenvalue weighted by Crippen LogP contribution is 2.34. The summed E-state index contributed by atoms with van der Waals surface area (Å²) >= 11 is 0. The SMILES string of the molecule is CCOC(=O)C1=C(C)NC(=O)N[C@H]1c1ccc(OCC(=O)N/N=C/c2cccc(OCc3ccc(C#N)cc3)c2)c(OC)c1. The van der Waals surface area contributed by atoms with E-state index in [1.165, 1.54) is 13.3 Å². The zero-order chi connectivity index (χ0) is 31.5. The Morgan fingerprint density at radius 3 is 2.59 bits per heavy atom. The molecule has 1 heterocycles. The minimum absolute atomic E-state index is 0.181. The van der Waals surface area contributed by atoms with Crippen LogP contribution >= 0.6 is 0 Å². The maximum absolute atomic E-state index is 12.6. The van der Waals surface area contributed by atoms with Crippen LogP contribution in [-0.2, 0) is 20.9 Å². The number of amides is 3. The first-order valence-corrected chi connectivity index (χ1v) is 13.6. The average molecular weight is 598 g/mol. The molecule has 12 nitrogen and oxygen atoms in total. The molecule has 1 aliphatic rings. The Morgan fingerprint density at radius 1 is 1.07 bits per heavy atom. The number of allylic oxidation sites excluding steroid dienone is 1. The molecule has 0 radical (unpaired) electrons. The normalized spacial score (nSPS) is 14.2. The lowest BCUT2D eigenvalue weighted by molar-refractivity contribution is -0.139. The van der Waals surface area contributed by atoms with Gasteiger partial charge in [-0.2, -0.15) is 10.4 Å². The third-order valence-corrected chi connectivity index (χ3v) is 6.39. The first-order chi connectivity index (χ1) is 21.3. The van der Waals surface area contributed by atoms with E-state index in [0.717, 1.165) is 5.56 Å². The largest absolute Gasteiger partial charge is 0.493 e. The van der Waals surface area contributed by atoms with Gasteiger partial charge in [0.25, 0.3) is 5.91 Å². The number of ether oxygens (including phenoxy) is 4. The fourth-order valence-electron chi connectivity index (χ4n) is 4.29. The number of methoxy groups -OCH3 is 1. The van der Waals surface area contributed by atoms with Crippen LogP contribution in [0.15, 0.2) is 83.1 Å². The molecule has 0 fully saturated rings. The third-order valence-electron chi connectivity index (χ3n) is 6.39. The number of carbonyl (C=O) groups excluding carboxylic acids is 3. The molecule has 0 saturated heterocycles. The Kier molecular flexibility index (Phi) is 10.5. The zero-order valence-electron chi connectivity index (χ0n) is 24.4. The van der Waals surface area contributed by atoms with E-state index in [2.05, 4.69) is 27.2 Å². The summed E-state index contributed by atoms with van der Waals surface area (Å²) in [7, 11) is 1.44. The van der Waals surface area contributed by atoms with E-state index in [9.17, 15) is 14.4 Å². The van der Waals surface area contributed by atoms with Gasteiger partial charge in [-0.25, -0.2) is 15.0 Å². The summed E-state index contributed by atoms with van der Waals surface area (Å²) in [4.78, 5) is 37.1. The molecule has 0 aliphatic carbocycles. The van der Waals surface area contributed by atoms with Crippen molar-refractivity contribution in [2.45, 2.75) is 26.5 Å². The molecule has 1 aliphatic heterocycles. The minimum atomic E-state index is -0.775. The maximum atomic E-state index is 12.6. The molecule has 0 bridgehead atoms. The van der Waals surface area contributed by atoms with Crippen LogP contribution in [0.3, 0.4) is 0 Å². The van der Waals surface area contributed by atoms with Crippen molar-refractivity contribution in [3.63, 3.8) is 0 Å². The van der Waals surface area contributed by atoms with Crippen LogP contribution in [-0.4, -0.2) is 44.4 Å². The minimum Gasteiger partial charge on any atom is -0.493 e. The van der Waals surface area contributed by atoms with E-state index in [0.29, 0.717) is 40.5 Å². The molecule has 0 unspecified atom stereocenters. The van der Waals surface area contributed by atoms with E-state index in [1.807, 2.05) is 18.2 Å². The number of hydrogen-bond acceptors (Lipinski definition) is 9. The molecule has 3 aromatic rings. The van der Waals surface area contributed by atoms with Crippen molar-refractivity contribution < 1.29 is 33.3 Å². The highest BCUT2D eigenvalue weighted by Gasteiger charge is 2.32. The Bertz CT molecular complexity index is 1630. The molecule has 1 atom stereocenters. The van der Waals surface area contributed by atoms with Crippen molar-refractivity contribution in [2.24, 2.45) is 5.10 Å². The lowest BCUT2D eigenvalue weighted by Crippen LogP contribution is -2.45. The first kappa shape index (κ1) is 31.1. The lowest BCUT2D eigenvalue weighted by Gasteiger charge is -2.28. The topological polar surface area (TPSA) is 160 Å². The van der Waals surface area contributed by atoms with Crippen molar-refractivity contribution in [1.29, 1.82) is 5.26 Å². The van der Waals surface area contributed by atoms with E-state index in [4.69, 9.17) is 24.2 Å². The summed E-state index contributed by atoms with van der Waals surface area (Å²) in [5.74, 6) is 0.134. The summed E-state index contributed by atoms with van der Waals surface area (Å²) in [6.07, 6.45) is 1.48. The Balaban J connectivity index is 1.33. The highest BCUT2D eigenvalue weighted by molar-refractivity contribution is 5.95. The van der Waals surface area contributed by atoms with Gasteiger partial charge >= 0.3 is 12.0 Å². The highest BCUT2D eigenvalue weighted by atomic mass is 16.5. The van der Waals surface area contributed by atoms with Crippen LogP contribution in [0.1, 0.15) is 42.1 Å². The summed E-state index contributed by atoms with van der Waals surface area (Å²) in [5.41, 5.74) is 5.84. The lowest BCUT2D eigenvalue weighted by atomic mass is 9.95. The predicted molar refractivity (Wildman–Crippen MR) is 160 cm³/mol. The molecular formula is C32H31N5O7. The van der Waals surface area contributed by atoms with Crippen molar-refractivity contribution in [3.8, 4) is 23.3 Å². The predicted octanol–water partition coefficient (Wildman–Crippen LogP) is 3.87. The Labute approximate surface area is 254 Å². The fourth-order valence-corrected chi connectivity index (χ4v) is 4.29. The summed E-state index contributed by atoms with van der Waals surface area (Å²) in [5, 5.41) is 18.2. The Morgan fingerprint density at radius 2 is 1.86 bits per heavy atom. The van der Waals surface area contributed by atoms with E-state index >= 15 is 0 Å². The number of benzene rings is 3. The van der Waals surface area contributed by atoms with Gasteiger partial charge in [-0.05, 0) is 66.9 Å². The van der Waals surface area contributed by atoms with E-state index in [1.54, 1.807) is 62.4 Å². The zero-order valence-corrected chi connectivity index (χ0v) is 24.4. The van der Waals surface area contributed by atoms with Crippen LogP contribution in [0.2, 0.25) is 0 Å². The molecule has 3 amide bonds. The van der Waals surface area contributed by atoms with E-state index in [-0.39, 0.29) is 24.5 Å². The van der Waals surface area contributed by atoms with Crippen LogP contribution in [0.5, 0.6) is 17.2 Å². The molecule has 3 N–H and O–H groups in total.